The second-order valence-electron chi connectivity index (χ2n) is 6.28. The molecule has 0 bridgehead atoms. The van der Waals surface area contributed by atoms with Gasteiger partial charge in [-0.1, -0.05) is 12.1 Å². The first kappa shape index (κ1) is 17.5. The van der Waals surface area contributed by atoms with Crippen molar-refractivity contribution in [2.24, 2.45) is 0 Å². The van der Waals surface area contributed by atoms with E-state index in [0.29, 0.717) is 49.1 Å². The van der Waals surface area contributed by atoms with Gasteiger partial charge in [0.25, 0.3) is 5.91 Å². The predicted octanol–water partition coefficient (Wildman–Crippen LogP) is 2.65. The van der Waals surface area contributed by atoms with Gasteiger partial charge in [0, 0.05) is 32.4 Å². The lowest BCUT2D eigenvalue weighted by atomic mass is 10.2. The SMILES string of the molecule is N#Cc1ccccc1Nc1nccc(N2CCN(C(=O)c3ccco3)CC2)n1. The van der Waals surface area contributed by atoms with E-state index in [1.807, 2.05) is 24.3 Å². The minimum atomic E-state index is -0.0946. The van der Waals surface area contributed by atoms with Crippen LogP contribution in [0.5, 0.6) is 0 Å². The number of benzene rings is 1. The zero-order valence-corrected chi connectivity index (χ0v) is 15.1. The van der Waals surface area contributed by atoms with E-state index in [2.05, 4.69) is 26.3 Å². The summed E-state index contributed by atoms with van der Waals surface area (Å²) in [6, 6.07) is 14.6. The monoisotopic (exact) mass is 374 g/mol. The van der Waals surface area contributed by atoms with Crippen molar-refractivity contribution in [3.05, 3.63) is 66.2 Å². The van der Waals surface area contributed by atoms with Gasteiger partial charge in [-0.2, -0.15) is 10.2 Å². The molecule has 4 rings (SSSR count). The van der Waals surface area contributed by atoms with Crippen LogP contribution in [-0.4, -0.2) is 47.0 Å². The Kier molecular flexibility index (Phi) is 4.89. The third kappa shape index (κ3) is 3.64. The molecule has 2 aromatic heterocycles. The first-order valence-electron chi connectivity index (χ1n) is 8.91. The Hall–Kier alpha value is -3.86. The number of furan rings is 1. The van der Waals surface area contributed by atoms with Gasteiger partial charge in [0.1, 0.15) is 11.9 Å². The van der Waals surface area contributed by atoms with E-state index in [-0.39, 0.29) is 5.91 Å². The van der Waals surface area contributed by atoms with Crippen LogP contribution in [0.2, 0.25) is 0 Å². The number of nitrogens with zero attached hydrogens (tertiary/aromatic N) is 5. The maximum absolute atomic E-state index is 12.4. The van der Waals surface area contributed by atoms with Gasteiger partial charge >= 0.3 is 0 Å². The standard InChI is InChI=1S/C20H18N6O2/c21-14-15-4-1-2-5-16(15)23-20-22-8-7-18(24-20)25-9-11-26(12-10-25)19(27)17-6-3-13-28-17/h1-8,13H,9-12H2,(H,22,23,24). The molecule has 3 heterocycles. The molecule has 0 aliphatic carbocycles. The van der Waals surface area contributed by atoms with E-state index < -0.39 is 0 Å². The molecule has 0 spiro atoms. The molecule has 1 aliphatic heterocycles. The molecule has 0 unspecified atom stereocenters. The van der Waals surface area contributed by atoms with Crippen molar-refractivity contribution < 1.29 is 9.21 Å². The molecule has 140 valence electrons. The molecular weight excluding hydrogens is 356 g/mol. The summed E-state index contributed by atoms with van der Waals surface area (Å²) in [6.45, 7) is 2.50. The van der Waals surface area contributed by atoms with E-state index >= 15 is 0 Å². The fourth-order valence-electron chi connectivity index (χ4n) is 3.09. The van der Waals surface area contributed by atoms with Crippen molar-refractivity contribution in [2.45, 2.75) is 0 Å². The second-order valence-corrected chi connectivity index (χ2v) is 6.28. The van der Waals surface area contributed by atoms with Gasteiger partial charge < -0.3 is 19.5 Å². The minimum Gasteiger partial charge on any atom is -0.459 e. The number of carbonyl (C=O) groups is 1. The topological polar surface area (TPSA) is 98.3 Å². The average Bonchev–Trinajstić information content (AvgIpc) is 3.29. The van der Waals surface area contributed by atoms with Gasteiger partial charge in [-0.05, 0) is 30.3 Å². The van der Waals surface area contributed by atoms with E-state index in [1.165, 1.54) is 6.26 Å². The van der Waals surface area contributed by atoms with Crippen LogP contribution in [0.1, 0.15) is 16.1 Å². The van der Waals surface area contributed by atoms with Gasteiger partial charge in [-0.15, -0.1) is 0 Å². The maximum Gasteiger partial charge on any atom is 0.289 e. The number of nitriles is 1. The number of aromatic nitrogens is 2. The Morgan fingerprint density at radius 2 is 1.93 bits per heavy atom. The lowest BCUT2D eigenvalue weighted by molar-refractivity contribution is 0.0714. The fraction of sp³-hybridized carbons (Fsp3) is 0.200. The quantitative estimate of drug-likeness (QED) is 0.749. The number of carbonyl (C=O) groups excluding carboxylic acids is 1. The first-order valence-corrected chi connectivity index (χ1v) is 8.91. The van der Waals surface area contributed by atoms with Crippen LogP contribution >= 0.6 is 0 Å². The van der Waals surface area contributed by atoms with Crippen LogP contribution in [0.15, 0.2) is 59.3 Å². The summed E-state index contributed by atoms with van der Waals surface area (Å²) in [5.74, 6) is 1.47. The highest BCUT2D eigenvalue weighted by Gasteiger charge is 2.24. The van der Waals surface area contributed by atoms with Crippen molar-refractivity contribution in [3.63, 3.8) is 0 Å². The average molecular weight is 374 g/mol. The van der Waals surface area contributed by atoms with Crippen molar-refractivity contribution >= 4 is 23.4 Å². The summed E-state index contributed by atoms with van der Waals surface area (Å²) in [4.78, 5) is 25.1. The highest BCUT2D eigenvalue weighted by atomic mass is 16.3. The number of nitrogens with one attached hydrogen (secondary N) is 1. The molecule has 0 atom stereocenters. The Morgan fingerprint density at radius 3 is 2.68 bits per heavy atom. The van der Waals surface area contributed by atoms with Crippen molar-refractivity contribution in [1.29, 1.82) is 5.26 Å². The smallest absolute Gasteiger partial charge is 0.289 e. The number of rotatable bonds is 4. The van der Waals surface area contributed by atoms with Crippen LogP contribution in [0.25, 0.3) is 0 Å². The third-order valence-corrected chi connectivity index (χ3v) is 4.56. The molecular formula is C20H18N6O2. The van der Waals surface area contributed by atoms with Crippen LogP contribution in [0.4, 0.5) is 17.5 Å². The third-order valence-electron chi connectivity index (χ3n) is 4.56. The van der Waals surface area contributed by atoms with Gasteiger partial charge in [0.05, 0.1) is 17.5 Å². The Morgan fingerprint density at radius 1 is 1.11 bits per heavy atom. The molecule has 1 aliphatic rings. The summed E-state index contributed by atoms with van der Waals surface area (Å²) < 4.78 is 5.19. The molecule has 1 N–H and O–H groups in total. The summed E-state index contributed by atoms with van der Waals surface area (Å²) in [5.41, 5.74) is 1.19. The highest BCUT2D eigenvalue weighted by molar-refractivity contribution is 5.91. The van der Waals surface area contributed by atoms with E-state index in [1.54, 1.807) is 29.3 Å². The highest BCUT2D eigenvalue weighted by Crippen LogP contribution is 2.20. The van der Waals surface area contributed by atoms with Crippen LogP contribution in [-0.2, 0) is 0 Å². The molecule has 0 radical (unpaired) electrons. The van der Waals surface area contributed by atoms with Gasteiger partial charge in [0.2, 0.25) is 5.95 Å². The predicted molar refractivity (Wildman–Crippen MR) is 103 cm³/mol. The normalized spacial score (nSPS) is 13.8. The Labute approximate surface area is 162 Å². The summed E-state index contributed by atoms with van der Waals surface area (Å²) in [7, 11) is 0. The van der Waals surface area contributed by atoms with Crippen LogP contribution in [0.3, 0.4) is 0 Å². The summed E-state index contributed by atoms with van der Waals surface area (Å²) in [6.07, 6.45) is 3.18. The molecule has 1 amide bonds. The molecule has 3 aromatic rings. The zero-order valence-electron chi connectivity index (χ0n) is 15.1. The Balaban J connectivity index is 1.43. The number of anilines is 3. The fourth-order valence-corrected chi connectivity index (χ4v) is 3.09. The molecule has 28 heavy (non-hydrogen) atoms. The van der Waals surface area contributed by atoms with Crippen molar-refractivity contribution in [3.8, 4) is 6.07 Å². The van der Waals surface area contributed by atoms with Crippen molar-refractivity contribution in [1.82, 2.24) is 14.9 Å². The minimum absolute atomic E-state index is 0.0946. The second kappa shape index (κ2) is 7.80. The van der Waals surface area contributed by atoms with Crippen LogP contribution in [0, 0.1) is 11.3 Å². The molecule has 8 heteroatoms. The molecule has 1 aromatic carbocycles. The van der Waals surface area contributed by atoms with Crippen molar-refractivity contribution in [2.75, 3.05) is 36.4 Å². The molecule has 1 saturated heterocycles. The lowest BCUT2D eigenvalue weighted by Crippen LogP contribution is -2.49. The molecule has 1 fully saturated rings. The van der Waals surface area contributed by atoms with Gasteiger partial charge in [0.15, 0.2) is 5.76 Å². The molecule has 0 saturated carbocycles. The Bertz CT molecular complexity index is 1000. The van der Waals surface area contributed by atoms with Crippen LogP contribution < -0.4 is 10.2 Å². The van der Waals surface area contributed by atoms with Gasteiger partial charge in [-0.25, -0.2) is 4.98 Å². The van der Waals surface area contributed by atoms with E-state index in [4.69, 9.17) is 4.42 Å². The number of amides is 1. The number of hydrogen-bond acceptors (Lipinski definition) is 7. The number of piperazine rings is 1. The first-order chi connectivity index (χ1) is 13.7. The zero-order chi connectivity index (χ0) is 19.3. The number of hydrogen-bond donors (Lipinski definition) is 1. The summed E-state index contributed by atoms with van der Waals surface area (Å²) in [5, 5.41) is 12.3. The largest absolute Gasteiger partial charge is 0.459 e. The number of para-hydroxylation sites is 1. The van der Waals surface area contributed by atoms with E-state index in [0.717, 1.165) is 5.82 Å². The lowest BCUT2D eigenvalue weighted by Gasteiger charge is -2.35. The molecule has 8 nitrogen and oxygen atoms in total. The summed E-state index contributed by atoms with van der Waals surface area (Å²) >= 11 is 0. The van der Waals surface area contributed by atoms with E-state index in [9.17, 15) is 10.1 Å². The maximum atomic E-state index is 12.4. The van der Waals surface area contributed by atoms with Gasteiger partial charge in [-0.3, -0.25) is 4.79 Å².